The molecule has 0 aromatic heterocycles. The molecule has 0 aliphatic heterocycles. The molecular formula is C20H17N3O4. The van der Waals surface area contributed by atoms with Gasteiger partial charge in [0.25, 0.3) is 11.6 Å². The molecule has 1 amide bonds. The Morgan fingerprint density at radius 1 is 1.07 bits per heavy atom. The fourth-order valence-corrected chi connectivity index (χ4v) is 2.53. The number of hydrazone groups is 1. The third kappa shape index (κ3) is 4.46. The fraction of sp³-hybridized carbons (Fsp3) is 0.100. The van der Waals surface area contributed by atoms with Gasteiger partial charge >= 0.3 is 0 Å². The highest BCUT2D eigenvalue weighted by atomic mass is 16.6. The molecule has 0 spiro atoms. The molecule has 0 aliphatic rings. The van der Waals surface area contributed by atoms with E-state index in [9.17, 15) is 14.9 Å². The van der Waals surface area contributed by atoms with Crippen LogP contribution in [0.2, 0.25) is 0 Å². The average molecular weight is 363 g/mol. The van der Waals surface area contributed by atoms with Crippen molar-refractivity contribution >= 4 is 28.1 Å². The van der Waals surface area contributed by atoms with E-state index >= 15 is 0 Å². The highest BCUT2D eigenvalue weighted by Crippen LogP contribution is 2.24. The van der Waals surface area contributed by atoms with Crippen LogP contribution >= 0.6 is 0 Å². The Labute approximate surface area is 155 Å². The summed E-state index contributed by atoms with van der Waals surface area (Å²) < 4.78 is 5.60. The lowest BCUT2D eigenvalue weighted by Crippen LogP contribution is -2.25. The first kappa shape index (κ1) is 18.1. The van der Waals surface area contributed by atoms with Crippen molar-refractivity contribution in [2.75, 3.05) is 6.61 Å². The van der Waals surface area contributed by atoms with Gasteiger partial charge in [-0.05, 0) is 36.1 Å². The summed E-state index contributed by atoms with van der Waals surface area (Å²) in [6.45, 7) is 1.53. The minimum Gasteiger partial charge on any atom is -0.483 e. The number of carbonyl (C=O) groups excluding carboxylic acids is 1. The van der Waals surface area contributed by atoms with E-state index in [0.717, 1.165) is 10.8 Å². The number of amides is 1. The molecule has 0 saturated heterocycles. The Bertz CT molecular complexity index is 1010. The molecule has 0 aliphatic carbocycles. The summed E-state index contributed by atoms with van der Waals surface area (Å²) in [5.74, 6) is 0.225. The van der Waals surface area contributed by atoms with Gasteiger partial charge < -0.3 is 4.74 Å². The van der Waals surface area contributed by atoms with Gasteiger partial charge in [-0.2, -0.15) is 5.10 Å². The van der Waals surface area contributed by atoms with Crippen molar-refractivity contribution in [2.24, 2.45) is 5.10 Å². The summed E-state index contributed by atoms with van der Waals surface area (Å²) in [4.78, 5) is 22.2. The molecule has 27 heavy (non-hydrogen) atoms. The number of hydrogen-bond acceptors (Lipinski definition) is 5. The van der Waals surface area contributed by atoms with Gasteiger partial charge in [-0.15, -0.1) is 0 Å². The van der Waals surface area contributed by atoms with Crippen LogP contribution in [0.25, 0.3) is 10.8 Å². The summed E-state index contributed by atoms with van der Waals surface area (Å²) in [7, 11) is 0. The quantitative estimate of drug-likeness (QED) is 0.411. The molecule has 1 N–H and O–H groups in total. The van der Waals surface area contributed by atoms with Crippen molar-refractivity contribution in [3.63, 3.8) is 0 Å². The second-order valence-corrected chi connectivity index (χ2v) is 5.80. The van der Waals surface area contributed by atoms with E-state index in [4.69, 9.17) is 4.74 Å². The zero-order valence-corrected chi connectivity index (χ0v) is 14.6. The number of non-ortho nitro benzene ring substituents is 1. The van der Waals surface area contributed by atoms with Crippen molar-refractivity contribution < 1.29 is 14.5 Å². The van der Waals surface area contributed by atoms with Crippen molar-refractivity contribution in [3.05, 3.63) is 82.4 Å². The summed E-state index contributed by atoms with van der Waals surface area (Å²) in [6, 6.07) is 19.3. The second-order valence-electron chi connectivity index (χ2n) is 5.80. The molecule has 7 heteroatoms. The van der Waals surface area contributed by atoms with Crippen LogP contribution in [0, 0.1) is 10.1 Å². The molecule has 0 bridgehead atoms. The van der Waals surface area contributed by atoms with E-state index in [1.165, 1.54) is 12.1 Å². The van der Waals surface area contributed by atoms with Gasteiger partial charge in [0, 0.05) is 17.5 Å². The SMILES string of the molecule is C/C(=N\NC(=O)COc1cccc2ccccc12)c1ccc([N+](=O)[O-])cc1. The number of ether oxygens (including phenoxy) is 1. The standard InChI is InChI=1S/C20H17N3O4/c1-14(15-9-11-17(12-10-15)23(25)26)21-22-20(24)13-27-19-8-4-6-16-5-2-3-7-18(16)19/h2-12H,13H2,1H3,(H,22,24)/b21-14+. The van der Waals surface area contributed by atoms with E-state index in [1.54, 1.807) is 25.1 Å². The number of benzene rings is 3. The Morgan fingerprint density at radius 2 is 1.78 bits per heavy atom. The monoisotopic (exact) mass is 363 g/mol. The first-order valence-corrected chi connectivity index (χ1v) is 8.23. The van der Waals surface area contributed by atoms with E-state index in [0.29, 0.717) is 17.0 Å². The number of hydrogen-bond donors (Lipinski definition) is 1. The number of nitro groups is 1. The predicted octanol–water partition coefficient (Wildman–Crippen LogP) is 3.67. The van der Waals surface area contributed by atoms with Gasteiger partial charge in [-0.25, -0.2) is 5.43 Å². The lowest BCUT2D eigenvalue weighted by atomic mass is 10.1. The third-order valence-electron chi connectivity index (χ3n) is 3.95. The molecule has 0 radical (unpaired) electrons. The van der Waals surface area contributed by atoms with Crippen LogP contribution < -0.4 is 10.2 Å². The summed E-state index contributed by atoms with van der Waals surface area (Å²) in [5, 5.41) is 16.6. The molecular weight excluding hydrogens is 346 g/mol. The maximum absolute atomic E-state index is 12.0. The molecule has 3 rings (SSSR count). The third-order valence-corrected chi connectivity index (χ3v) is 3.95. The van der Waals surface area contributed by atoms with E-state index in [2.05, 4.69) is 10.5 Å². The van der Waals surface area contributed by atoms with Gasteiger partial charge in [0.1, 0.15) is 5.75 Å². The highest BCUT2D eigenvalue weighted by Gasteiger charge is 2.07. The van der Waals surface area contributed by atoms with Crippen LogP contribution in [0.5, 0.6) is 5.75 Å². The van der Waals surface area contributed by atoms with E-state index < -0.39 is 10.8 Å². The lowest BCUT2D eigenvalue weighted by molar-refractivity contribution is -0.384. The molecule has 7 nitrogen and oxygen atoms in total. The Hall–Kier alpha value is -3.74. The number of nitrogens with one attached hydrogen (secondary N) is 1. The smallest absolute Gasteiger partial charge is 0.277 e. The second kappa shape index (κ2) is 8.09. The fourth-order valence-electron chi connectivity index (χ4n) is 2.53. The highest BCUT2D eigenvalue weighted by molar-refractivity contribution is 5.99. The minimum atomic E-state index is -0.470. The van der Waals surface area contributed by atoms with Crippen molar-refractivity contribution in [3.8, 4) is 5.75 Å². The summed E-state index contributed by atoms with van der Waals surface area (Å²) in [6.07, 6.45) is 0. The maximum atomic E-state index is 12.0. The summed E-state index contributed by atoms with van der Waals surface area (Å²) in [5.41, 5.74) is 3.63. The van der Waals surface area contributed by atoms with Gasteiger partial charge in [0.05, 0.1) is 10.6 Å². The van der Waals surface area contributed by atoms with Crippen LogP contribution in [0.15, 0.2) is 71.8 Å². The van der Waals surface area contributed by atoms with Gasteiger partial charge in [-0.3, -0.25) is 14.9 Å². The van der Waals surface area contributed by atoms with Gasteiger partial charge in [-0.1, -0.05) is 36.4 Å². The van der Waals surface area contributed by atoms with Crippen LogP contribution in [0.4, 0.5) is 5.69 Å². The largest absolute Gasteiger partial charge is 0.483 e. The number of carbonyl (C=O) groups is 1. The number of nitro benzene ring substituents is 1. The normalized spacial score (nSPS) is 11.2. The number of rotatable bonds is 6. The average Bonchev–Trinajstić information content (AvgIpc) is 2.70. The van der Waals surface area contributed by atoms with Crippen LogP contribution in [-0.4, -0.2) is 23.1 Å². The van der Waals surface area contributed by atoms with Crippen LogP contribution in [0.3, 0.4) is 0 Å². The van der Waals surface area contributed by atoms with Crippen molar-refractivity contribution in [1.29, 1.82) is 0 Å². The zero-order valence-electron chi connectivity index (χ0n) is 14.6. The first-order valence-electron chi connectivity index (χ1n) is 8.23. The Balaban J connectivity index is 1.60. The van der Waals surface area contributed by atoms with Gasteiger partial charge in [0.15, 0.2) is 6.61 Å². The van der Waals surface area contributed by atoms with E-state index in [1.807, 2.05) is 36.4 Å². The predicted molar refractivity (Wildman–Crippen MR) is 103 cm³/mol. The lowest BCUT2D eigenvalue weighted by Gasteiger charge is -2.08. The van der Waals surface area contributed by atoms with Crippen LogP contribution in [-0.2, 0) is 4.79 Å². The molecule has 0 heterocycles. The molecule has 3 aromatic rings. The molecule has 0 saturated carbocycles. The number of nitrogens with zero attached hydrogens (tertiary/aromatic N) is 2. The minimum absolute atomic E-state index is 0.000858. The molecule has 136 valence electrons. The van der Waals surface area contributed by atoms with Gasteiger partial charge in [0.2, 0.25) is 0 Å². The molecule has 0 fully saturated rings. The van der Waals surface area contributed by atoms with Crippen molar-refractivity contribution in [1.82, 2.24) is 5.43 Å². The molecule has 3 aromatic carbocycles. The van der Waals surface area contributed by atoms with Crippen LogP contribution in [0.1, 0.15) is 12.5 Å². The Kier molecular flexibility index (Phi) is 5.41. The maximum Gasteiger partial charge on any atom is 0.277 e. The zero-order chi connectivity index (χ0) is 19.2. The van der Waals surface area contributed by atoms with E-state index in [-0.39, 0.29) is 12.3 Å². The Morgan fingerprint density at radius 3 is 2.52 bits per heavy atom. The topological polar surface area (TPSA) is 93.8 Å². The first-order chi connectivity index (χ1) is 13.0. The van der Waals surface area contributed by atoms with Crippen molar-refractivity contribution in [2.45, 2.75) is 6.92 Å². The molecule has 0 unspecified atom stereocenters. The summed E-state index contributed by atoms with van der Waals surface area (Å²) >= 11 is 0. The number of fused-ring (bicyclic) bond motifs is 1. The molecule has 0 atom stereocenters.